The number of ether oxygens (including phenoxy) is 3. The Hall–Kier alpha value is -5.07. The number of hydrogen-bond acceptors (Lipinski definition) is 12. The molecule has 4 aliphatic rings. The molecule has 0 aromatic rings. The van der Waals surface area contributed by atoms with Crippen molar-refractivity contribution in [2.45, 2.75) is 40.0 Å². The number of rotatable bonds is 21. The van der Waals surface area contributed by atoms with Crippen molar-refractivity contribution in [3.8, 4) is 0 Å². The van der Waals surface area contributed by atoms with Crippen LogP contribution >= 0.6 is 0 Å². The normalized spacial score (nSPS) is 25.1. The van der Waals surface area contributed by atoms with Crippen LogP contribution in [-0.2, 0) is 57.4 Å². The number of nitrogens with one attached hydrogen (secondary N) is 3. The second kappa shape index (κ2) is 18.3. The van der Waals surface area contributed by atoms with Crippen LogP contribution in [0.2, 0.25) is 0 Å². The van der Waals surface area contributed by atoms with Gasteiger partial charge in [-0.2, -0.15) is 0 Å². The maximum atomic E-state index is 13.8. The van der Waals surface area contributed by atoms with Crippen molar-refractivity contribution in [3.63, 3.8) is 0 Å². The predicted molar refractivity (Wildman–Crippen MR) is 187 cm³/mol. The molecule has 0 saturated heterocycles. The summed E-state index contributed by atoms with van der Waals surface area (Å²) >= 11 is 0. The highest BCUT2D eigenvalue weighted by atomic mass is 16.5. The highest BCUT2D eigenvalue weighted by Gasteiger charge is 2.57. The second-order valence-corrected chi connectivity index (χ2v) is 14.3. The molecule has 0 aromatic carbocycles. The summed E-state index contributed by atoms with van der Waals surface area (Å²) in [7, 11) is 0. The smallest absolute Gasteiger partial charge is 0.253 e. The van der Waals surface area contributed by atoms with E-state index >= 15 is 0 Å². The number of imide groups is 3. The highest BCUT2D eigenvalue weighted by Crippen LogP contribution is 2.54. The Morgan fingerprint density at radius 2 is 0.685 bits per heavy atom. The fourth-order valence-electron chi connectivity index (χ4n) is 7.33. The lowest BCUT2D eigenvalue weighted by atomic mass is 9.53. The number of amides is 9. The third-order valence-electron chi connectivity index (χ3n) is 9.66. The van der Waals surface area contributed by atoms with E-state index in [0.29, 0.717) is 0 Å². The van der Waals surface area contributed by atoms with E-state index in [1.165, 1.54) is 36.5 Å². The maximum absolute atomic E-state index is 13.8. The molecule has 18 nitrogen and oxygen atoms in total. The monoisotopic (exact) mass is 756 g/mol. The molecule has 0 atom stereocenters. The SMILES string of the molecule is CC1(C(=O)NCCOCCN2C(=O)C=CC2=O)CC(C)(C(=O)NCCOCCN2C(=O)C=CC2=O)CC(C)(C(=O)NCCOCCN2C(=O)C=CC2=O)C1. The largest absolute Gasteiger partial charge is 0.378 e. The fourth-order valence-corrected chi connectivity index (χ4v) is 7.33. The second-order valence-electron chi connectivity index (χ2n) is 14.3. The van der Waals surface area contributed by atoms with Gasteiger partial charge in [0.15, 0.2) is 0 Å². The third-order valence-corrected chi connectivity index (χ3v) is 9.66. The minimum absolute atomic E-state index is 0.0673. The van der Waals surface area contributed by atoms with Crippen molar-refractivity contribution in [3.05, 3.63) is 36.5 Å². The van der Waals surface area contributed by atoms with Crippen molar-refractivity contribution in [2.24, 2.45) is 16.2 Å². The molecule has 1 saturated carbocycles. The van der Waals surface area contributed by atoms with Crippen LogP contribution in [0.1, 0.15) is 40.0 Å². The Morgan fingerprint density at radius 3 is 0.907 bits per heavy atom. The molecule has 294 valence electrons. The minimum atomic E-state index is -1.17. The fraction of sp³-hybridized carbons (Fsp3) is 0.583. The molecular formula is C36H48N6O12. The van der Waals surface area contributed by atoms with Gasteiger partial charge in [0.1, 0.15) is 0 Å². The third kappa shape index (κ3) is 10.5. The average Bonchev–Trinajstić information content (AvgIpc) is 3.74. The zero-order valence-corrected chi connectivity index (χ0v) is 30.8. The molecule has 0 spiro atoms. The van der Waals surface area contributed by atoms with Gasteiger partial charge in [-0.15, -0.1) is 0 Å². The lowest BCUT2D eigenvalue weighted by Gasteiger charge is -2.50. The summed E-state index contributed by atoms with van der Waals surface area (Å²) in [6, 6.07) is 0. The summed E-state index contributed by atoms with van der Waals surface area (Å²) < 4.78 is 16.6. The lowest BCUT2D eigenvalue weighted by Crippen LogP contribution is -2.58. The number of nitrogens with zero attached hydrogens (tertiary/aromatic N) is 3. The molecule has 0 aromatic heterocycles. The Balaban J connectivity index is 1.30. The predicted octanol–water partition coefficient (Wildman–Crippen LogP) is -1.64. The molecule has 4 rings (SSSR count). The molecule has 3 N–H and O–H groups in total. The molecule has 18 heteroatoms. The van der Waals surface area contributed by atoms with E-state index in [2.05, 4.69) is 16.0 Å². The Bertz CT molecular complexity index is 1370. The summed E-state index contributed by atoms with van der Waals surface area (Å²) in [5.41, 5.74) is -3.51. The summed E-state index contributed by atoms with van der Waals surface area (Å²) in [5, 5.41) is 8.53. The average molecular weight is 757 g/mol. The van der Waals surface area contributed by atoms with E-state index in [9.17, 15) is 43.2 Å². The molecule has 0 radical (unpaired) electrons. The van der Waals surface area contributed by atoms with E-state index in [1.54, 1.807) is 20.8 Å². The molecule has 9 amide bonds. The summed E-state index contributed by atoms with van der Waals surface area (Å²) in [6.45, 7) is 6.12. The highest BCUT2D eigenvalue weighted by molar-refractivity contribution is 6.14. The topological polar surface area (TPSA) is 227 Å². The summed E-state index contributed by atoms with van der Waals surface area (Å²) in [4.78, 5) is 115. The zero-order chi connectivity index (χ0) is 39.5. The first-order valence-corrected chi connectivity index (χ1v) is 17.8. The first kappa shape index (κ1) is 41.7. The number of hydrogen-bond donors (Lipinski definition) is 3. The van der Waals surface area contributed by atoms with Crippen molar-refractivity contribution in [1.82, 2.24) is 30.7 Å². The molecule has 1 fully saturated rings. The van der Waals surface area contributed by atoms with Crippen LogP contribution in [0, 0.1) is 16.2 Å². The van der Waals surface area contributed by atoms with Crippen molar-refractivity contribution in [1.29, 1.82) is 0 Å². The van der Waals surface area contributed by atoms with E-state index in [0.717, 1.165) is 14.7 Å². The Kier molecular flexibility index (Phi) is 14.1. The van der Waals surface area contributed by atoms with Gasteiger partial charge in [-0.05, 0) is 19.3 Å². The molecule has 1 aliphatic carbocycles. The first-order chi connectivity index (χ1) is 25.6. The molecule has 0 bridgehead atoms. The number of carbonyl (C=O) groups excluding carboxylic acids is 9. The van der Waals surface area contributed by atoms with Crippen LogP contribution in [0.3, 0.4) is 0 Å². The summed E-state index contributed by atoms with van der Waals surface area (Å²) in [6.07, 6.45) is 7.45. The lowest BCUT2D eigenvalue weighted by molar-refractivity contribution is -0.154. The van der Waals surface area contributed by atoms with E-state index in [4.69, 9.17) is 14.2 Å². The van der Waals surface area contributed by atoms with Crippen molar-refractivity contribution < 1.29 is 57.4 Å². The van der Waals surface area contributed by atoms with E-state index in [-0.39, 0.29) is 116 Å². The van der Waals surface area contributed by atoms with Gasteiger partial charge in [0.2, 0.25) is 17.7 Å². The van der Waals surface area contributed by atoms with Crippen LogP contribution in [-0.4, -0.2) is 147 Å². The van der Waals surface area contributed by atoms with Gasteiger partial charge in [-0.1, -0.05) is 20.8 Å². The van der Waals surface area contributed by atoms with Crippen LogP contribution in [0.15, 0.2) is 36.5 Å². The van der Waals surface area contributed by atoms with Gasteiger partial charge in [-0.3, -0.25) is 57.9 Å². The van der Waals surface area contributed by atoms with Gasteiger partial charge < -0.3 is 30.2 Å². The first-order valence-electron chi connectivity index (χ1n) is 17.8. The maximum Gasteiger partial charge on any atom is 0.253 e. The van der Waals surface area contributed by atoms with Gasteiger partial charge in [0, 0.05) is 72.3 Å². The summed E-state index contributed by atoms with van der Waals surface area (Å²) in [5.74, 6) is -3.66. The van der Waals surface area contributed by atoms with Crippen molar-refractivity contribution in [2.75, 3.05) is 78.9 Å². The van der Waals surface area contributed by atoms with Crippen LogP contribution in [0.25, 0.3) is 0 Å². The molecule has 54 heavy (non-hydrogen) atoms. The van der Waals surface area contributed by atoms with Gasteiger partial charge in [0.25, 0.3) is 35.4 Å². The molecule has 0 unspecified atom stereocenters. The van der Waals surface area contributed by atoms with Gasteiger partial charge in [0.05, 0.1) is 59.3 Å². The molecule has 3 aliphatic heterocycles. The minimum Gasteiger partial charge on any atom is -0.378 e. The Labute approximate surface area is 312 Å². The zero-order valence-electron chi connectivity index (χ0n) is 30.8. The Morgan fingerprint density at radius 1 is 0.463 bits per heavy atom. The van der Waals surface area contributed by atoms with Gasteiger partial charge in [-0.25, -0.2) is 0 Å². The van der Waals surface area contributed by atoms with E-state index < -0.39 is 51.7 Å². The van der Waals surface area contributed by atoms with Crippen molar-refractivity contribution >= 4 is 53.2 Å². The molecular weight excluding hydrogens is 708 g/mol. The number of carbonyl (C=O) groups is 9. The standard InChI is InChI=1S/C36H48N6O12/c1-34(31(49)37-10-16-52-19-13-40-25(43)4-5-26(40)44)22-35(2,32(50)38-11-17-53-20-14-41-27(45)6-7-28(41)46)24-36(3,23-34)33(51)39-12-18-54-21-15-42-29(47)8-9-30(42)48/h4-9H,10-24H2,1-3H3,(H,37,49)(H,38,50)(H,39,51). The van der Waals surface area contributed by atoms with E-state index in [1.807, 2.05) is 0 Å². The van der Waals surface area contributed by atoms with Crippen LogP contribution < -0.4 is 16.0 Å². The van der Waals surface area contributed by atoms with Crippen LogP contribution in [0.4, 0.5) is 0 Å². The van der Waals surface area contributed by atoms with Gasteiger partial charge >= 0.3 is 0 Å². The van der Waals surface area contributed by atoms with Crippen LogP contribution in [0.5, 0.6) is 0 Å². The quantitative estimate of drug-likeness (QED) is 0.0886. The molecule has 3 heterocycles.